The van der Waals surface area contributed by atoms with Crippen LogP contribution < -0.4 is 5.32 Å². The number of esters is 1. The van der Waals surface area contributed by atoms with Crippen LogP contribution in [0, 0.1) is 0 Å². The SMILES string of the molecule is CCCCCCCCC/C=C\CCCCCC(=O)OC(CCCCCCCCC)CC(=O)NC(CO)C(O)CCCCCCCCCCCCCCCCC. The summed E-state index contributed by atoms with van der Waals surface area (Å²) < 4.78 is 5.88. The van der Waals surface area contributed by atoms with Gasteiger partial charge in [0.25, 0.3) is 0 Å². The Bertz CT molecular complexity index is 832. The molecule has 0 bridgehead atoms. The van der Waals surface area contributed by atoms with Crippen molar-refractivity contribution in [1.29, 1.82) is 0 Å². The quantitative estimate of drug-likeness (QED) is 0.0325. The molecular formula is C49H95NO5. The Labute approximate surface area is 342 Å². The summed E-state index contributed by atoms with van der Waals surface area (Å²) in [6, 6.07) is -0.696. The molecule has 3 N–H and O–H groups in total. The lowest BCUT2D eigenvalue weighted by Crippen LogP contribution is -2.46. The highest BCUT2D eigenvalue weighted by Gasteiger charge is 2.24. The van der Waals surface area contributed by atoms with Gasteiger partial charge in [-0.05, 0) is 51.4 Å². The van der Waals surface area contributed by atoms with E-state index in [9.17, 15) is 19.8 Å². The van der Waals surface area contributed by atoms with Gasteiger partial charge < -0.3 is 20.3 Å². The van der Waals surface area contributed by atoms with E-state index in [0.29, 0.717) is 19.3 Å². The Morgan fingerprint density at radius 3 is 1.29 bits per heavy atom. The van der Waals surface area contributed by atoms with Crippen LogP contribution in [-0.2, 0) is 14.3 Å². The molecule has 0 spiro atoms. The summed E-state index contributed by atoms with van der Waals surface area (Å²) in [5.41, 5.74) is 0. The number of amides is 1. The first kappa shape index (κ1) is 53.6. The van der Waals surface area contributed by atoms with Crippen LogP contribution in [0.5, 0.6) is 0 Å². The van der Waals surface area contributed by atoms with E-state index in [-0.39, 0.29) is 24.9 Å². The number of aliphatic hydroxyl groups excluding tert-OH is 2. The molecule has 0 heterocycles. The largest absolute Gasteiger partial charge is 0.462 e. The van der Waals surface area contributed by atoms with Crippen molar-refractivity contribution in [3.05, 3.63) is 12.2 Å². The Hall–Kier alpha value is -1.40. The van der Waals surface area contributed by atoms with Crippen molar-refractivity contribution in [2.45, 2.75) is 283 Å². The number of hydrogen-bond acceptors (Lipinski definition) is 5. The van der Waals surface area contributed by atoms with Crippen molar-refractivity contribution in [1.82, 2.24) is 5.32 Å². The monoisotopic (exact) mass is 778 g/mol. The van der Waals surface area contributed by atoms with Crippen molar-refractivity contribution in [3.63, 3.8) is 0 Å². The van der Waals surface area contributed by atoms with Crippen molar-refractivity contribution < 1.29 is 24.5 Å². The second kappa shape index (κ2) is 43.7. The average Bonchev–Trinajstić information content (AvgIpc) is 3.18. The summed E-state index contributed by atoms with van der Waals surface area (Å²) in [6.07, 6.45) is 47.1. The van der Waals surface area contributed by atoms with Gasteiger partial charge in [0.15, 0.2) is 0 Å². The summed E-state index contributed by atoms with van der Waals surface area (Å²) >= 11 is 0. The molecule has 0 saturated heterocycles. The van der Waals surface area contributed by atoms with Crippen LogP contribution in [0.2, 0.25) is 0 Å². The number of aliphatic hydroxyl groups is 2. The van der Waals surface area contributed by atoms with Gasteiger partial charge in [0.05, 0.1) is 25.2 Å². The van der Waals surface area contributed by atoms with Crippen LogP contribution in [0.1, 0.15) is 265 Å². The predicted octanol–water partition coefficient (Wildman–Crippen LogP) is 14.2. The number of carbonyl (C=O) groups is 2. The molecule has 3 unspecified atom stereocenters. The van der Waals surface area contributed by atoms with Gasteiger partial charge in [-0.3, -0.25) is 9.59 Å². The molecule has 6 heteroatoms. The first-order valence-electron chi connectivity index (χ1n) is 24.4. The number of carbonyl (C=O) groups excluding carboxylic acids is 2. The zero-order chi connectivity index (χ0) is 40.3. The number of ether oxygens (including phenoxy) is 1. The molecular weight excluding hydrogens is 683 g/mol. The first-order valence-corrected chi connectivity index (χ1v) is 24.4. The van der Waals surface area contributed by atoms with Gasteiger partial charge >= 0.3 is 5.97 Å². The maximum Gasteiger partial charge on any atom is 0.306 e. The van der Waals surface area contributed by atoms with Crippen LogP contribution in [-0.4, -0.2) is 46.9 Å². The molecule has 0 aromatic carbocycles. The number of unbranched alkanes of at least 4 members (excludes halogenated alkanes) is 30. The van der Waals surface area contributed by atoms with Gasteiger partial charge in [0.1, 0.15) is 6.10 Å². The lowest BCUT2D eigenvalue weighted by molar-refractivity contribution is -0.151. The molecule has 0 rings (SSSR count). The number of allylic oxidation sites excluding steroid dienone is 2. The number of hydrogen-bond donors (Lipinski definition) is 3. The third-order valence-electron chi connectivity index (χ3n) is 11.3. The maximum absolute atomic E-state index is 13.1. The molecule has 1 amide bonds. The molecule has 0 aromatic rings. The second-order valence-corrected chi connectivity index (χ2v) is 16.9. The van der Waals surface area contributed by atoms with Crippen LogP contribution in [0.15, 0.2) is 12.2 Å². The van der Waals surface area contributed by atoms with E-state index in [2.05, 4.69) is 38.2 Å². The zero-order valence-electron chi connectivity index (χ0n) is 37.1. The van der Waals surface area contributed by atoms with Gasteiger partial charge in [0.2, 0.25) is 5.91 Å². The Morgan fingerprint density at radius 1 is 0.509 bits per heavy atom. The molecule has 0 aliphatic heterocycles. The average molecular weight is 778 g/mol. The number of nitrogens with one attached hydrogen (secondary N) is 1. The zero-order valence-corrected chi connectivity index (χ0v) is 37.1. The number of rotatable bonds is 44. The van der Waals surface area contributed by atoms with E-state index in [4.69, 9.17) is 4.74 Å². The molecule has 6 nitrogen and oxygen atoms in total. The van der Waals surface area contributed by atoms with Crippen molar-refractivity contribution in [2.75, 3.05) is 6.61 Å². The normalized spacial score (nSPS) is 13.3. The summed E-state index contributed by atoms with van der Waals surface area (Å²) in [4.78, 5) is 25.9. The van der Waals surface area contributed by atoms with Gasteiger partial charge in [-0.2, -0.15) is 0 Å². The molecule has 0 aromatic heterocycles. The molecule has 3 atom stereocenters. The first-order chi connectivity index (χ1) is 27.0. The molecule has 55 heavy (non-hydrogen) atoms. The molecule has 326 valence electrons. The molecule has 0 aliphatic rings. The molecule has 0 radical (unpaired) electrons. The maximum atomic E-state index is 13.1. The summed E-state index contributed by atoms with van der Waals surface area (Å²) in [5, 5.41) is 23.7. The van der Waals surface area contributed by atoms with Crippen LogP contribution in [0.25, 0.3) is 0 Å². The third kappa shape index (κ3) is 39.2. The third-order valence-corrected chi connectivity index (χ3v) is 11.3. The van der Waals surface area contributed by atoms with Crippen LogP contribution in [0.3, 0.4) is 0 Å². The minimum absolute atomic E-state index is 0.0767. The highest BCUT2D eigenvalue weighted by atomic mass is 16.5. The lowest BCUT2D eigenvalue weighted by atomic mass is 10.0. The minimum Gasteiger partial charge on any atom is -0.462 e. The van der Waals surface area contributed by atoms with E-state index in [1.54, 1.807) is 0 Å². The van der Waals surface area contributed by atoms with Crippen molar-refractivity contribution in [2.24, 2.45) is 0 Å². The van der Waals surface area contributed by atoms with Gasteiger partial charge in [0, 0.05) is 6.42 Å². The van der Waals surface area contributed by atoms with Crippen molar-refractivity contribution >= 4 is 11.9 Å². The van der Waals surface area contributed by atoms with Crippen LogP contribution >= 0.6 is 0 Å². The Kier molecular flexibility index (Phi) is 42.6. The van der Waals surface area contributed by atoms with Gasteiger partial charge in [-0.15, -0.1) is 0 Å². The minimum atomic E-state index is -0.782. The highest BCUT2D eigenvalue weighted by Crippen LogP contribution is 2.18. The standard InChI is InChI=1S/C49H95NO5/c1-4-7-10-13-16-18-20-22-24-25-27-29-32-35-38-41-47(52)46(44-51)50-48(53)43-45(40-37-34-31-15-12-9-6-3)55-49(54)42-39-36-33-30-28-26-23-21-19-17-14-11-8-5-2/h26,28,45-47,51-52H,4-25,27,29-44H2,1-3H3,(H,50,53)/b28-26-. The topological polar surface area (TPSA) is 95.9 Å². The van der Waals surface area contributed by atoms with Crippen molar-refractivity contribution in [3.8, 4) is 0 Å². The lowest BCUT2D eigenvalue weighted by Gasteiger charge is -2.24. The fourth-order valence-corrected chi connectivity index (χ4v) is 7.60. The Morgan fingerprint density at radius 2 is 0.873 bits per heavy atom. The van der Waals surface area contributed by atoms with E-state index in [1.165, 1.54) is 167 Å². The molecule has 0 fully saturated rings. The highest BCUT2D eigenvalue weighted by molar-refractivity contribution is 5.77. The fraction of sp³-hybridized carbons (Fsp3) is 0.918. The van der Waals surface area contributed by atoms with Crippen LogP contribution in [0.4, 0.5) is 0 Å². The fourth-order valence-electron chi connectivity index (χ4n) is 7.60. The molecule has 0 saturated carbocycles. The van der Waals surface area contributed by atoms with Gasteiger partial charge in [-0.25, -0.2) is 0 Å². The second-order valence-electron chi connectivity index (χ2n) is 16.9. The van der Waals surface area contributed by atoms with E-state index < -0.39 is 18.2 Å². The van der Waals surface area contributed by atoms with Gasteiger partial charge in [-0.1, -0.05) is 213 Å². The molecule has 0 aliphatic carbocycles. The predicted molar refractivity (Wildman–Crippen MR) is 237 cm³/mol. The summed E-state index contributed by atoms with van der Waals surface area (Å²) in [7, 11) is 0. The smallest absolute Gasteiger partial charge is 0.306 e. The Balaban J connectivity index is 4.38. The summed E-state index contributed by atoms with van der Waals surface area (Å²) in [6.45, 7) is 6.46. The van der Waals surface area contributed by atoms with E-state index >= 15 is 0 Å². The summed E-state index contributed by atoms with van der Waals surface area (Å²) in [5.74, 6) is -0.485. The van der Waals surface area contributed by atoms with E-state index in [1.807, 2.05) is 0 Å². The van der Waals surface area contributed by atoms with E-state index in [0.717, 1.165) is 51.4 Å².